The molecule has 0 bridgehead atoms. The molecule has 0 fully saturated rings. The molecule has 222 valence electrons. The Morgan fingerprint density at radius 3 is 2.57 bits per heavy atom. The number of allylic oxidation sites excluding steroid dienone is 1. The topological polar surface area (TPSA) is 89.5 Å². The summed E-state index contributed by atoms with van der Waals surface area (Å²) >= 11 is 0. The number of carbonyl (C=O) groups excluding carboxylic acids is 2. The van der Waals surface area contributed by atoms with Gasteiger partial charge in [-0.3, -0.25) is 9.59 Å². The summed E-state index contributed by atoms with van der Waals surface area (Å²) in [6.45, 7) is 1.28. The minimum atomic E-state index is -0.359. The minimum absolute atomic E-state index is 0.117. The predicted octanol–water partition coefficient (Wildman–Crippen LogP) is 6.32. The molecule has 0 amide bonds. The predicted molar refractivity (Wildman–Crippen MR) is 162 cm³/mol. The molecule has 3 aliphatic rings. The van der Waals surface area contributed by atoms with Crippen LogP contribution in [0.3, 0.4) is 0 Å². The molecule has 0 N–H and O–H groups in total. The van der Waals surface area contributed by atoms with E-state index in [2.05, 4.69) is 12.1 Å². The summed E-state index contributed by atoms with van der Waals surface area (Å²) in [6, 6.07) is 22.7. The van der Waals surface area contributed by atoms with Crippen molar-refractivity contribution in [3.8, 4) is 34.5 Å². The average molecular weight is 591 g/mol. The normalized spacial score (nSPS) is 17.2. The summed E-state index contributed by atoms with van der Waals surface area (Å²) in [5.41, 5.74) is 5.08. The molecule has 1 atom stereocenters. The SMILES string of the molecule is COc1cccc(/C=C2\Oc3c(ccc4c3[C@@H](c3ccc(OCCc5ccc6c(c5)CCO6)cc3)CC(=O)O4)C2=O)c1OC. The number of methoxy groups -OCH3 is 2. The number of Topliss-reactive ketones (excluding diaryl/α,β-unsaturated/α-hetero) is 1. The van der Waals surface area contributed by atoms with Gasteiger partial charge in [0.05, 0.1) is 39.4 Å². The molecule has 3 aliphatic heterocycles. The first-order valence-corrected chi connectivity index (χ1v) is 14.5. The van der Waals surface area contributed by atoms with Gasteiger partial charge in [-0.2, -0.15) is 0 Å². The summed E-state index contributed by atoms with van der Waals surface area (Å²) in [5, 5.41) is 0. The first-order chi connectivity index (χ1) is 21.5. The lowest BCUT2D eigenvalue weighted by molar-refractivity contribution is -0.135. The second-order valence-corrected chi connectivity index (χ2v) is 10.8. The first-order valence-electron chi connectivity index (χ1n) is 14.5. The zero-order valence-corrected chi connectivity index (χ0v) is 24.4. The van der Waals surface area contributed by atoms with Crippen molar-refractivity contribution < 1.29 is 38.0 Å². The molecule has 0 spiro atoms. The fourth-order valence-electron chi connectivity index (χ4n) is 6.04. The molecule has 0 unspecified atom stereocenters. The lowest BCUT2D eigenvalue weighted by atomic mass is 9.84. The van der Waals surface area contributed by atoms with E-state index in [0.29, 0.717) is 46.3 Å². The van der Waals surface area contributed by atoms with Gasteiger partial charge in [0, 0.05) is 29.9 Å². The Bertz CT molecular complexity index is 1800. The molecule has 4 aromatic rings. The van der Waals surface area contributed by atoms with Crippen molar-refractivity contribution >= 4 is 17.8 Å². The Balaban J connectivity index is 1.12. The molecule has 0 saturated heterocycles. The summed E-state index contributed by atoms with van der Waals surface area (Å²) in [6.07, 6.45) is 3.49. The van der Waals surface area contributed by atoms with Gasteiger partial charge in [-0.25, -0.2) is 0 Å². The highest BCUT2D eigenvalue weighted by Gasteiger charge is 2.38. The molecular formula is C36H30O8. The summed E-state index contributed by atoms with van der Waals surface area (Å²) in [7, 11) is 3.10. The molecule has 3 heterocycles. The standard InChI is InChI=1S/C36H30O8/c1-39-30-5-3-4-24(35(30)40-2)19-31-34(38)26-11-13-29-33(36(26)44-31)27(20-32(37)43-29)22-7-9-25(10-8-22)41-16-14-21-6-12-28-23(18-21)15-17-42-28/h3-13,18-19,27H,14-17,20H2,1-2H3/b31-19-/t27-/m1/s1. The van der Waals surface area contributed by atoms with Crippen LogP contribution in [0.5, 0.6) is 34.5 Å². The van der Waals surface area contributed by atoms with E-state index in [1.165, 1.54) is 11.1 Å². The lowest BCUT2D eigenvalue weighted by Gasteiger charge is -2.26. The highest BCUT2D eigenvalue weighted by Crippen LogP contribution is 2.49. The third-order valence-corrected chi connectivity index (χ3v) is 8.20. The van der Waals surface area contributed by atoms with Crippen LogP contribution in [0.4, 0.5) is 0 Å². The Morgan fingerprint density at radius 1 is 0.909 bits per heavy atom. The molecule has 7 rings (SSSR count). The number of esters is 1. The van der Waals surface area contributed by atoms with Gasteiger partial charge < -0.3 is 28.4 Å². The van der Waals surface area contributed by atoms with E-state index < -0.39 is 0 Å². The van der Waals surface area contributed by atoms with E-state index in [4.69, 9.17) is 28.4 Å². The molecule has 8 heteroatoms. The van der Waals surface area contributed by atoms with Crippen LogP contribution < -0.4 is 28.4 Å². The van der Waals surface area contributed by atoms with E-state index in [1.807, 2.05) is 42.5 Å². The second-order valence-electron chi connectivity index (χ2n) is 10.8. The maximum Gasteiger partial charge on any atom is 0.312 e. The largest absolute Gasteiger partial charge is 0.493 e. The molecule has 8 nitrogen and oxygen atoms in total. The summed E-state index contributed by atoms with van der Waals surface area (Å²) in [4.78, 5) is 26.1. The van der Waals surface area contributed by atoms with Gasteiger partial charge >= 0.3 is 5.97 Å². The monoisotopic (exact) mass is 590 g/mol. The van der Waals surface area contributed by atoms with Crippen LogP contribution in [0.15, 0.2) is 78.6 Å². The Morgan fingerprint density at radius 2 is 1.75 bits per heavy atom. The minimum Gasteiger partial charge on any atom is -0.493 e. The Kier molecular flexibility index (Phi) is 7.18. The van der Waals surface area contributed by atoms with E-state index in [9.17, 15) is 9.59 Å². The van der Waals surface area contributed by atoms with Gasteiger partial charge in [0.2, 0.25) is 5.78 Å². The van der Waals surface area contributed by atoms with E-state index in [1.54, 1.807) is 38.5 Å². The second kappa shape index (κ2) is 11.4. The van der Waals surface area contributed by atoms with E-state index in [0.717, 1.165) is 36.5 Å². The molecule has 0 aliphatic carbocycles. The zero-order chi connectivity index (χ0) is 30.2. The number of hydrogen-bond donors (Lipinski definition) is 0. The molecule has 4 aromatic carbocycles. The van der Waals surface area contributed by atoms with Crippen LogP contribution in [0, 0.1) is 0 Å². The van der Waals surface area contributed by atoms with E-state index >= 15 is 0 Å². The van der Waals surface area contributed by atoms with Gasteiger partial charge in [0.25, 0.3) is 0 Å². The van der Waals surface area contributed by atoms with Crippen LogP contribution in [-0.4, -0.2) is 39.2 Å². The highest BCUT2D eigenvalue weighted by atomic mass is 16.5. The number of ether oxygens (including phenoxy) is 6. The number of rotatable bonds is 8. The van der Waals surface area contributed by atoms with Crippen molar-refractivity contribution in [2.45, 2.75) is 25.2 Å². The van der Waals surface area contributed by atoms with Crippen LogP contribution in [0.1, 0.15) is 50.5 Å². The van der Waals surface area contributed by atoms with Crippen LogP contribution in [0.25, 0.3) is 6.08 Å². The van der Waals surface area contributed by atoms with Crippen molar-refractivity contribution in [3.63, 3.8) is 0 Å². The number of hydrogen-bond acceptors (Lipinski definition) is 8. The number of ketones is 1. The lowest BCUT2D eigenvalue weighted by Crippen LogP contribution is -2.21. The third kappa shape index (κ3) is 5.02. The van der Waals surface area contributed by atoms with Crippen molar-refractivity contribution in [3.05, 3.63) is 112 Å². The smallest absolute Gasteiger partial charge is 0.312 e. The van der Waals surface area contributed by atoms with Crippen LogP contribution in [-0.2, 0) is 17.6 Å². The molecular weight excluding hydrogens is 560 g/mol. The van der Waals surface area contributed by atoms with Crippen LogP contribution in [0.2, 0.25) is 0 Å². The van der Waals surface area contributed by atoms with Crippen molar-refractivity contribution in [1.82, 2.24) is 0 Å². The molecule has 0 radical (unpaired) electrons. The average Bonchev–Trinajstić information content (AvgIpc) is 3.64. The maximum absolute atomic E-state index is 13.5. The highest BCUT2D eigenvalue weighted by molar-refractivity contribution is 6.15. The molecule has 0 saturated carbocycles. The first kappa shape index (κ1) is 27.6. The van der Waals surface area contributed by atoms with Crippen molar-refractivity contribution in [2.24, 2.45) is 0 Å². The number of fused-ring (bicyclic) bond motifs is 4. The fourth-order valence-corrected chi connectivity index (χ4v) is 6.04. The van der Waals surface area contributed by atoms with Crippen molar-refractivity contribution in [1.29, 1.82) is 0 Å². The zero-order valence-electron chi connectivity index (χ0n) is 24.4. The fraction of sp³-hybridized carbons (Fsp3) is 0.222. The van der Waals surface area contributed by atoms with Crippen LogP contribution >= 0.6 is 0 Å². The van der Waals surface area contributed by atoms with E-state index in [-0.39, 0.29) is 29.9 Å². The molecule has 44 heavy (non-hydrogen) atoms. The van der Waals surface area contributed by atoms with Gasteiger partial charge in [-0.05, 0) is 59.2 Å². The van der Waals surface area contributed by atoms with Crippen molar-refractivity contribution in [2.75, 3.05) is 27.4 Å². The third-order valence-electron chi connectivity index (χ3n) is 8.20. The summed E-state index contributed by atoms with van der Waals surface area (Å²) < 4.78 is 34.4. The number of carbonyl (C=O) groups is 2. The van der Waals surface area contributed by atoms with Gasteiger partial charge in [0.1, 0.15) is 23.0 Å². The quantitative estimate of drug-likeness (QED) is 0.134. The van der Waals surface area contributed by atoms with Gasteiger partial charge in [-0.1, -0.05) is 36.4 Å². The molecule has 0 aromatic heterocycles. The number of benzene rings is 4. The number of para-hydroxylation sites is 1. The summed E-state index contributed by atoms with van der Waals surface area (Å²) in [5.74, 6) is 2.72. The van der Waals surface area contributed by atoms with Gasteiger partial charge in [-0.15, -0.1) is 0 Å². The maximum atomic E-state index is 13.5. The Labute approximate surface area is 254 Å². The Hall–Kier alpha value is -5.24. The van der Waals surface area contributed by atoms with Gasteiger partial charge in [0.15, 0.2) is 17.3 Å².